The van der Waals surface area contributed by atoms with Gasteiger partial charge in [0, 0.05) is 26.2 Å². The highest BCUT2D eigenvalue weighted by Crippen LogP contribution is 2.13. The van der Waals surface area contributed by atoms with Gasteiger partial charge in [0.1, 0.15) is 0 Å². The highest BCUT2D eigenvalue weighted by atomic mass is 16.5. The third kappa shape index (κ3) is 2.73. The lowest BCUT2D eigenvalue weighted by atomic mass is 9.95. The largest absolute Gasteiger partial charge is 0.383 e. The van der Waals surface area contributed by atoms with Gasteiger partial charge in [-0.2, -0.15) is 0 Å². The normalized spacial score (nSPS) is 32.2. The molecule has 1 rings (SSSR count). The second-order valence-electron chi connectivity index (χ2n) is 3.72. The molecule has 2 atom stereocenters. The predicted octanol–water partition coefficient (Wildman–Crippen LogP) is 0.302. The van der Waals surface area contributed by atoms with Crippen LogP contribution in [-0.2, 0) is 4.74 Å². The van der Waals surface area contributed by atoms with E-state index in [0.29, 0.717) is 12.0 Å². The number of nitrogens with two attached hydrogens (primary N) is 1. The Kier molecular flexibility index (Phi) is 3.98. The summed E-state index contributed by atoms with van der Waals surface area (Å²) in [5, 5.41) is 0. The van der Waals surface area contributed by atoms with E-state index < -0.39 is 0 Å². The number of piperidine rings is 1. The fourth-order valence-electron chi connectivity index (χ4n) is 1.67. The van der Waals surface area contributed by atoms with Crippen LogP contribution in [0.25, 0.3) is 0 Å². The van der Waals surface area contributed by atoms with E-state index in [-0.39, 0.29) is 0 Å². The van der Waals surface area contributed by atoms with Crippen LogP contribution in [-0.4, -0.2) is 44.3 Å². The van der Waals surface area contributed by atoms with Gasteiger partial charge in [0.2, 0.25) is 0 Å². The van der Waals surface area contributed by atoms with E-state index in [2.05, 4.69) is 11.8 Å². The van der Waals surface area contributed by atoms with Crippen LogP contribution >= 0.6 is 0 Å². The molecule has 2 N–H and O–H groups in total. The molecular weight excluding hydrogens is 152 g/mol. The highest BCUT2D eigenvalue weighted by molar-refractivity contribution is 4.79. The zero-order chi connectivity index (χ0) is 8.97. The summed E-state index contributed by atoms with van der Waals surface area (Å²) in [6, 6.07) is 0.406. The maximum Gasteiger partial charge on any atom is 0.0589 e. The van der Waals surface area contributed by atoms with Crippen LogP contribution in [0.1, 0.15) is 13.3 Å². The van der Waals surface area contributed by atoms with E-state index >= 15 is 0 Å². The Morgan fingerprint density at radius 3 is 2.92 bits per heavy atom. The molecule has 72 valence electrons. The third-order valence-electron chi connectivity index (χ3n) is 2.67. The Morgan fingerprint density at radius 2 is 2.33 bits per heavy atom. The van der Waals surface area contributed by atoms with Crippen LogP contribution in [0.3, 0.4) is 0 Å². The van der Waals surface area contributed by atoms with Crippen molar-refractivity contribution in [3.63, 3.8) is 0 Å². The lowest BCUT2D eigenvalue weighted by molar-refractivity contribution is 0.110. The van der Waals surface area contributed by atoms with E-state index in [1.165, 1.54) is 0 Å². The molecule has 1 aliphatic rings. The Labute approximate surface area is 74.9 Å². The first-order valence-corrected chi connectivity index (χ1v) is 4.71. The average molecular weight is 172 g/mol. The summed E-state index contributed by atoms with van der Waals surface area (Å²) < 4.78 is 5.03. The van der Waals surface area contributed by atoms with Crippen LogP contribution in [0.2, 0.25) is 0 Å². The number of hydrogen-bond donors (Lipinski definition) is 1. The lowest BCUT2D eigenvalue weighted by Gasteiger charge is -2.34. The van der Waals surface area contributed by atoms with Crippen molar-refractivity contribution in [1.82, 2.24) is 4.90 Å². The predicted molar refractivity (Wildman–Crippen MR) is 50.1 cm³/mol. The van der Waals surface area contributed by atoms with Gasteiger partial charge in [-0.15, -0.1) is 0 Å². The van der Waals surface area contributed by atoms with Crippen LogP contribution in [0.15, 0.2) is 0 Å². The second-order valence-corrected chi connectivity index (χ2v) is 3.72. The number of nitrogens with zero attached hydrogens (tertiary/aromatic N) is 1. The Balaban J connectivity index is 2.21. The van der Waals surface area contributed by atoms with Crippen molar-refractivity contribution in [2.45, 2.75) is 19.4 Å². The number of rotatable bonds is 3. The zero-order valence-electron chi connectivity index (χ0n) is 8.12. The van der Waals surface area contributed by atoms with E-state index in [1.807, 2.05) is 0 Å². The molecule has 0 amide bonds. The smallest absolute Gasteiger partial charge is 0.0589 e. The minimum Gasteiger partial charge on any atom is -0.383 e. The molecule has 1 heterocycles. The van der Waals surface area contributed by atoms with E-state index in [1.54, 1.807) is 7.11 Å². The topological polar surface area (TPSA) is 38.5 Å². The second kappa shape index (κ2) is 4.80. The Morgan fingerprint density at radius 1 is 1.58 bits per heavy atom. The van der Waals surface area contributed by atoms with Crippen molar-refractivity contribution in [3.05, 3.63) is 0 Å². The van der Waals surface area contributed by atoms with Crippen molar-refractivity contribution < 1.29 is 4.74 Å². The molecule has 0 aromatic heterocycles. The number of methoxy groups -OCH3 is 1. The average Bonchev–Trinajstić information content (AvgIpc) is 2.07. The quantitative estimate of drug-likeness (QED) is 0.665. The molecule has 1 fully saturated rings. The summed E-state index contributed by atoms with van der Waals surface area (Å²) in [4.78, 5) is 2.43. The lowest BCUT2D eigenvalue weighted by Crippen LogP contribution is -2.46. The van der Waals surface area contributed by atoms with Crippen molar-refractivity contribution in [2.24, 2.45) is 11.7 Å². The number of hydrogen-bond acceptors (Lipinski definition) is 3. The van der Waals surface area contributed by atoms with Crippen molar-refractivity contribution in [1.29, 1.82) is 0 Å². The highest BCUT2D eigenvalue weighted by Gasteiger charge is 2.22. The maximum absolute atomic E-state index is 5.91. The van der Waals surface area contributed by atoms with E-state index in [9.17, 15) is 0 Å². The first-order valence-electron chi connectivity index (χ1n) is 4.71. The van der Waals surface area contributed by atoms with Gasteiger partial charge in [0.05, 0.1) is 6.61 Å². The third-order valence-corrected chi connectivity index (χ3v) is 2.67. The molecule has 0 radical (unpaired) electrons. The molecule has 0 spiro atoms. The molecule has 0 aromatic carbocycles. The fraction of sp³-hybridized carbons (Fsp3) is 1.00. The summed E-state index contributed by atoms with van der Waals surface area (Å²) >= 11 is 0. The van der Waals surface area contributed by atoms with Crippen molar-refractivity contribution >= 4 is 0 Å². The maximum atomic E-state index is 5.91. The number of ether oxygens (including phenoxy) is 1. The molecule has 1 aliphatic heterocycles. The molecule has 3 nitrogen and oxygen atoms in total. The van der Waals surface area contributed by atoms with Gasteiger partial charge in [0.25, 0.3) is 0 Å². The van der Waals surface area contributed by atoms with Crippen molar-refractivity contribution in [3.8, 4) is 0 Å². The summed E-state index contributed by atoms with van der Waals surface area (Å²) in [5.74, 6) is 0.635. The fourth-order valence-corrected chi connectivity index (χ4v) is 1.67. The summed E-state index contributed by atoms with van der Waals surface area (Å²) in [6.45, 7) is 6.37. The number of likely N-dealkylation sites (tertiary alicyclic amines) is 1. The van der Waals surface area contributed by atoms with Crippen LogP contribution in [0.5, 0.6) is 0 Å². The first-order chi connectivity index (χ1) is 5.74. The first kappa shape index (κ1) is 9.96. The van der Waals surface area contributed by atoms with E-state index in [0.717, 1.165) is 32.7 Å². The monoisotopic (exact) mass is 172 g/mol. The van der Waals surface area contributed by atoms with Gasteiger partial charge in [-0.25, -0.2) is 0 Å². The standard InChI is InChI=1S/C9H20N2O/c1-8-7-11(5-6-12-2)4-3-9(8)10/h8-9H,3-7,10H2,1-2H3. The van der Waals surface area contributed by atoms with Gasteiger partial charge in [-0.3, -0.25) is 0 Å². The molecule has 0 aromatic rings. The molecule has 2 unspecified atom stereocenters. The van der Waals surface area contributed by atoms with Crippen LogP contribution < -0.4 is 5.73 Å². The van der Waals surface area contributed by atoms with E-state index in [4.69, 9.17) is 10.5 Å². The molecule has 12 heavy (non-hydrogen) atoms. The molecule has 0 bridgehead atoms. The summed E-state index contributed by atoms with van der Waals surface area (Å²) in [5.41, 5.74) is 5.91. The zero-order valence-corrected chi connectivity index (χ0v) is 8.12. The minimum atomic E-state index is 0.406. The van der Waals surface area contributed by atoms with Crippen molar-refractivity contribution in [2.75, 3.05) is 33.4 Å². The minimum absolute atomic E-state index is 0.406. The van der Waals surface area contributed by atoms with Gasteiger partial charge in [0.15, 0.2) is 0 Å². The SMILES string of the molecule is COCCN1CCC(N)C(C)C1. The van der Waals surface area contributed by atoms with Gasteiger partial charge < -0.3 is 15.4 Å². The molecule has 1 saturated heterocycles. The van der Waals surface area contributed by atoms with Gasteiger partial charge in [-0.05, 0) is 18.9 Å². The molecule has 0 aliphatic carbocycles. The summed E-state index contributed by atoms with van der Waals surface area (Å²) in [7, 11) is 1.75. The van der Waals surface area contributed by atoms with Gasteiger partial charge in [-0.1, -0.05) is 6.92 Å². The Bertz CT molecular complexity index is 128. The molecule has 3 heteroatoms. The molecular formula is C9H20N2O. The molecule has 0 saturated carbocycles. The Hall–Kier alpha value is -0.120. The van der Waals surface area contributed by atoms with Crippen LogP contribution in [0.4, 0.5) is 0 Å². The van der Waals surface area contributed by atoms with Gasteiger partial charge >= 0.3 is 0 Å². The summed E-state index contributed by atoms with van der Waals surface area (Å²) in [6.07, 6.45) is 1.13. The van der Waals surface area contributed by atoms with Crippen LogP contribution in [0, 0.1) is 5.92 Å².